The van der Waals surface area contributed by atoms with E-state index in [4.69, 9.17) is 0 Å². The molecule has 2 atom stereocenters. The Morgan fingerprint density at radius 2 is 1.39 bits per heavy atom. The maximum absolute atomic E-state index is 3.91. The Morgan fingerprint density at radius 3 is 1.74 bits per heavy atom. The minimum Gasteiger partial charge on any atom is -0.506 e. The number of hydrogen-bond donors (Lipinski definition) is 0. The van der Waals surface area contributed by atoms with Gasteiger partial charge in [0.15, 0.2) is 0 Å². The minimum atomic E-state index is 0. The van der Waals surface area contributed by atoms with Crippen molar-refractivity contribution in [3.05, 3.63) is 75.9 Å². The van der Waals surface area contributed by atoms with Gasteiger partial charge >= 0.3 is 26.2 Å². The Bertz CT molecular complexity index is 289. The van der Waals surface area contributed by atoms with E-state index in [-0.39, 0.29) is 26.2 Å². The summed E-state index contributed by atoms with van der Waals surface area (Å²) in [6, 6.07) is 0. The average Bonchev–Trinajstić information content (AvgIpc) is 3.30. The third-order valence-corrected chi connectivity index (χ3v) is 3.91. The molecule has 0 spiro atoms. The van der Waals surface area contributed by atoms with Crippen LogP contribution in [-0.2, 0) is 26.2 Å². The summed E-state index contributed by atoms with van der Waals surface area (Å²) in [4.78, 5) is 3.91. The van der Waals surface area contributed by atoms with Crippen molar-refractivity contribution in [2.45, 2.75) is 33.1 Å². The Hall–Kier alpha value is 0.293. The van der Waals surface area contributed by atoms with Crippen molar-refractivity contribution in [3.63, 3.8) is 0 Å². The smallest absolute Gasteiger partial charge is 0.506 e. The van der Waals surface area contributed by atoms with E-state index in [0.717, 1.165) is 12.3 Å². The van der Waals surface area contributed by atoms with Gasteiger partial charge in [-0.2, -0.15) is 13.3 Å². The molecule has 3 aliphatic rings. The van der Waals surface area contributed by atoms with Crippen molar-refractivity contribution in [3.8, 4) is 0 Å². The van der Waals surface area contributed by atoms with Gasteiger partial charge in [0.25, 0.3) is 0 Å². The Kier molecular flexibility index (Phi) is 16.0. The monoisotopic (exact) mass is 383 g/mol. The van der Waals surface area contributed by atoms with Crippen LogP contribution in [0.25, 0.3) is 0 Å². The molecular weight excluding hydrogens is 357 g/mol. The third kappa shape index (κ3) is 10.7. The molecular formula is C21H27NZr. The van der Waals surface area contributed by atoms with E-state index in [0.29, 0.717) is 5.92 Å². The van der Waals surface area contributed by atoms with Crippen LogP contribution in [0.15, 0.2) is 10.6 Å². The molecule has 1 nitrogen and oxygen atoms in total. The Labute approximate surface area is 164 Å². The van der Waals surface area contributed by atoms with Gasteiger partial charge in [-0.1, -0.05) is 19.3 Å². The van der Waals surface area contributed by atoms with Crippen molar-refractivity contribution >= 4 is 6.21 Å². The summed E-state index contributed by atoms with van der Waals surface area (Å²) in [5, 5.41) is 0. The molecule has 0 bridgehead atoms. The van der Waals surface area contributed by atoms with E-state index in [2.05, 4.69) is 24.2 Å². The molecule has 0 aromatic carbocycles. The first-order valence-electron chi connectivity index (χ1n) is 7.98. The summed E-state index contributed by atoms with van der Waals surface area (Å²) in [6.07, 6.45) is 29.9. The fourth-order valence-electron chi connectivity index (χ4n) is 2.58. The zero-order valence-corrected chi connectivity index (χ0v) is 17.0. The average molecular weight is 385 g/mol. The predicted molar refractivity (Wildman–Crippen MR) is 95.3 cm³/mol. The van der Waals surface area contributed by atoms with Crippen LogP contribution in [0.4, 0.5) is 0 Å². The van der Waals surface area contributed by atoms with Crippen LogP contribution < -0.4 is 0 Å². The fraction of sp³-hybridized carbons (Fsp3) is 0.381. The summed E-state index contributed by atoms with van der Waals surface area (Å²) < 4.78 is 0. The molecule has 0 aromatic heterocycles. The van der Waals surface area contributed by atoms with E-state index >= 15 is 0 Å². The van der Waals surface area contributed by atoms with Crippen LogP contribution in [0.3, 0.4) is 0 Å². The molecule has 0 N–H and O–H groups in total. The van der Waals surface area contributed by atoms with Gasteiger partial charge in [-0.05, 0) is 83.6 Å². The quantitative estimate of drug-likeness (QED) is 0.479. The molecule has 0 aromatic rings. The molecule has 3 saturated carbocycles. The van der Waals surface area contributed by atoms with Gasteiger partial charge in [0, 0.05) is 0 Å². The summed E-state index contributed by atoms with van der Waals surface area (Å²) in [6.45, 7) is 4.33. The molecule has 0 aliphatic heterocycles. The molecule has 0 amide bonds. The van der Waals surface area contributed by atoms with Crippen LogP contribution in [0.2, 0.25) is 0 Å². The molecule has 23 heavy (non-hydrogen) atoms. The van der Waals surface area contributed by atoms with Gasteiger partial charge in [-0.15, -0.1) is 0 Å². The van der Waals surface area contributed by atoms with Crippen molar-refractivity contribution in [2.24, 2.45) is 16.8 Å². The van der Waals surface area contributed by atoms with Crippen molar-refractivity contribution in [1.29, 1.82) is 0 Å². The summed E-state index contributed by atoms with van der Waals surface area (Å²) in [5.74, 6) is 1.46. The van der Waals surface area contributed by atoms with Gasteiger partial charge < -0.3 is 17.3 Å². The number of aliphatic imine (C=N–C) groups is 1. The van der Waals surface area contributed by atoms with Gasteiger partial charge in [0.1, 0.15) is 0 Å². The number of hydrogen-bond acceptors (Lipinski definition) is 1. The second kappa shape index (κ2) is 15.8. The van der Waals surface area contributed by atoms with Crippen LogP contribution in [0.5, 0.6) is 0 Å². The van der Waals surface area contributed by atoms with Crippen LogP contribution in [0.1, 0.15) is 33.1 Å². The predicted octanol–water partition coefficient (Wildman–Crippen LogP) is 4.79. The van der Waals surface area contributed by atoms with Crippen LogP contribution in [-0.4, -0.2) is 13.3 Å². The first kappa shape index (κ1) is 23.3. The van der Waals surface area contributed by atoms with E-state index in [1.165, 1.54) is 18.4 Å². The van der Waals surface area contributed by atoms with E-state index in [1.54, 1.807) is 7.05 Å². The molecule has 0 saturated heterocycles. The molecule has 120 valence electrons. The molecule has 3 aliphatic carbocycles. The normalized spacial score (nSPS) is 28.0. The Balaban J connectivity index is 0.000000362. The number of nitrogens with zero attached hydrogens (tertiary/aromatic N) is 1. The standard InChI is InChI=1S/C11H17N.2C5H5.Zr/c1-4-10-6-5-9(2)11(10)7-8-12-3;2*1-2-4-5-3-1;/h9,11H,5-7H2,1-3H3;2*1-5H;/q-2;;;+2/t9-,11+;;;/m0.../s1. The zero-order valence-electron chi connectivity index (χ0n) is 14.5. The van der Waals surface area contributed by atoms with Gasteiger partial charge in [-0.3, -0.25) is 5.57 Å². The molecule has 10 radical (unpaired) electrons. The Morgan fingerprint density at radius 1 is 0.957 bits per heavy atom. The summed E-state index contributed by atoms with van der Waals surface area (Å²) in [7, 11) is 1.79. The first-order chi connectivity index (χ1) is 10.8. The zero-order chi connectivity index (χ0) is 16.0. The number of allylic oxidation sites excluding steroid dienone is 2. The maximum atomic E-state index is 3.91. The molecule has 3 fully saturated rings. The van der Waals surface area contributed by atoms with Crippen molar-refractivity contribution in [2.75, 3.05) is 7.05 Å². The van der Waals surface area contributed by atoms with Crippen molar-refractivity contribution < 1.29 is 26.2 Å². The third-order valence-electron chi connectivity index (χ3n) is 3.91. The first-order valence-corrected chi connectivity index (χ1v) is 7.98. The summed E-state index contributed by atoms with van der Waals surface area (Å²) >= 11 is 0. The fourth-order valence-corrected chi connectivity index (χ4v) is 2.58. The topological polar surface area (TPSA) is 12.4 Å². The van der Waals surface area contributed by atoms with Gasteiger partial charge in [0.05, 0.1) is 0 Å². The molecule has 0 unspecified atom stereocenters. The van der Waals surface area contributed by atoms with Gasteiger partial charge in [0.2, 0.25) is 0 Å². The van der Waals surface area contributed by atoms with E-state index in [9.17, 15) is 0 Å². The van der Waals surface area contributed by atoms with Crippen LogP contribution in [0, 0.1) is 82.1 Å². The molecule has 0 heterocycles. The van der Waals surface area contributed by atoms with E-state index in [1.807, 2.05) is 71.1 Å². The van der Waals surface area contributed by atoms with Crippen molar-refractivity contribution in [1.82, 2.24) is 0 Å². The van der Waals surface area contributed by atoms with Crippen LogP contribution >= 0.6 is 0 Å². The number of rotatable bonds is 2. The minimum absolute atomic E-state index is 0. The largest absolute Gasteiger partial charge is 2.00 e. The van der Waals surface area contributed by atoms with Gasteiger partial charge in [-0.25, -0.2) is 0 Å². The molecule has 3 rings (SSSR count). The summed E-state index contributed by atoms with van der Waals surface area (Å²) in [5.41, 5.74) is 1.48. The second-order valence-corrected chi connectivity index (χ2v) is 5.41. The van der Waals surface area contributed by atoms with E-state index < -0.39 is 0 Å². The molecule has 2 heteroatoms. The SMILES string of the molecule is C[C-]=C1CC[C@H](C)[C@H]1C[C-]=NC.[CH]1[CH][CH][CH][CH]1.[CH]1[CH][CH][CH][CH]1.[Zr+2]. The maximum Gasteiger partial charge on any atom is 2.00 e. The second-order valence-electron chi connectivity index (χ2n) is 5.41.